The molecule has 2 aromatic carbocycles. The smallest absolute Gasteiger partial charge is 0.173 e. The van der Waals surface area contributed by atoms with Gasteiger partial charge in [-0.1, -0.05) is 18.2 Å². The lowest BCUT2D eigenvalue weighted by Crippen LogP contribution is -2.30. The molecule has 1 unspecified atom stereocenters. The molecule has 1 saturated carbocycles. The van der Waals surface area contributed by atoms with Crippen LogP contribution in [0.25, 0.3) is 0 Å². The number of carbonyl (C=O) groups excluding carboxylic acids is 1. The van der Waals surface area contributed by atoms with E-state index in [0.717, 1.165) is 36.5 Å². The van der Waals surface area contributed by atoms with Crippen molar-refractivity contribution in [2.45, 2.75) is 31.8 Å². The summed E-state index contributed by atoms with van der Waals surface area (Å²) in [5, 5.41) is 0. The highest BCUT2D eigenvalue weighted by Gasteiger charge is 2.23. The summed E-state index contributed by atoms with van der Waals surface area (Å²) in [5.74, 6) is 2.48. The van der Waals surface area contributed by atoms with Gasteiger partial charge in [0.2, 0.25) is 0 Å². The molecule has 0 amide bonds. The maximum absolute atomic E-state index is 11.8. The van der Waals surface area contributed by atoms with Gasteiger partial charge in [-0.15, -0.1) is 0 Å². The molecule has 3 heteroatoms. The molecule has 0 saturated heterocycles. The Morgan fingerprint density at radius 2 is 1.48 bits per heavy atom. The van der Waals surface area contributed by atoms with Gasteiger partial charge in [0.1, 0.15) is 17.2 Å². The van der Waals surface area contributed by atoms with E-state index in [1.807, 2.05) is 54.6 Å². The van der Waals surface area contributed by atoms with Crippen molar-refractivity contribution in [3.05, 3.63) is 54.6 Å². The largest absolute Gasteiger partial charge is 0.483 e. The summed E-state index contributed by atoms with van der Waals surface area (Å²) in [6, 6.07) is 17.0. The SMILES string of the molecule is O=C1CCCCC1Oc1ccc(Oc2ccccc2)cc1. The quantitative estimate of drug-likeness (QED) is 0.835. The second-order valence-corrected chi connectivity index (χ2v) is 5.21. The van der Waals surface area contributed by atoms with Crippen LogP contribution in [-0.2, 0) is 4.79 Å². The standard InChI is InChI=1S/C18H18O3/c19-17-8-4-5-9-18(17)21-16-12-10-15(11-13-16)20-14-6-2-1-3-7-14/h1-3,6-7,10-13,18H,4-5,8-9H2. The minimum absolute atomic E-state index is 0.214. The van der Waals surface area contributed by atoms with Gasteiger partial charge in [0.25, 0.3) is 0 Å². The number of ether oxygens (including phenoxy) is 2. The van der Waals surface area contributed by atoms with Gasteiger partial charge < -0.3 is 9.47 Å². The van der Waals surface area contributed by atoms with Gasteiger partial charge in [-0.05, 0) is 55.7 Å². The van der Waals surface area contributed by atoms with Crippen molar-refractivity contribution in [1.29, 1.82) is 0 Å². The molecule has 3 rings (SSSR count). The Morgan fingerprint density at radius 1 is 0.810 bits per heavy atom. The third-order valence-electron chi connectivity index (χ3n) is 3.58. The average Bonchev–Trinajstić information content (AvgIpc) is 2.52. The van der Waals surface area contributed by atoms with Crippen LogP contribution in [0.15, 0.2) is 54.6 Å². The van der Waals surface area contributed by atoms with E-state index in [-0.39, 0.29) is 11.9 Å². The molecule has 1 atom stereocenters. The number of hydrogen-bond acceptors (Lipinski definition) is 3. The zero-order chi connectivity index (χ0) is 14.5. The molecule has 108 valence electrons. The number of Topliss-reactive ketones (excluding diaryl/α,β-unsaturated/α-hetero) is 1. The third kappa shape index (κ3) is 3.63. The van der Waals surface area contributed by atoms with Crippen molar-refractivity contribution in [2.24, 2.45) is 0 Å². The maximum Gasteiger partial charge on any atom is 0.173 e. The van der Waals surface area contributed by atoms with Crippen LogP contribution < -0.4 is 9.47 Å². The zero-order valence-electron chi connectivity index (χ0n) is 11.8. The van der Waals surface area contributed by atoms with E-state index in [2.05, 4.69) is 0 Å². The fourth-order valence-electron chi connectivity index (χ4n) is 2.45. The highest BCUT2D eigenvalue weighted by Crippen LogP contribution is 2.26. The topological polar surface area (TPSA) is 35.5 Å². The predicted octanol–water partition coefficient (Wildman–Crippen LogP) is 4.37. The van der Waals surface area contributed by atoms with Crippen LogP contribution in [0.2, 0.25) is 0 Å². The van der Waals surface area contributed by atoms with E-state index in [4.69, 9.17) is 9.47 Å². The van der Waals surface area contributed by atoms with Crippen molar-refractivity contribution in [3.63, 3.8) is 0 Å². The first-order valence-electron chi connectivity index (χ1n) is 7.33. The first-order chi connectivity index (χ1) is 10.3. The van der Waals surface area contributed by atoms with Crippen LogP contribution in [-0.4, -0.2) is 11.9 Å². The number of benzene rings is 2. The van der Waals surface area contributed by atoms with E-state index < -0.39 is 0 Å². The molecule has 0 aliphatic heterocycles. The molecule has 1 aliphatic carbocycles. The summed E-state index contributed by atoms with van der Waals surface area (Å²) in [7, 11) is 0. The summed E-state index contributed by atoms with van der Waals surface area (Å²) in [6.45, 7) is 0. The molecule has 21 heavy (non-hydrogen) atoms. The Balaban J connectivity index is 1.62. The molecule has 3 nitrogen and oxygen atoms in total. The maximum atomic E-state index is 11.8. The Morgan fingerprint density at radius 3 is 2.19 bits per heavy atom. The lowest BCUT2D eigenvalue weighted by molar-refractivity contribution is -0.127. The van der Waals surface area contributed by atoms with Crippen molar-refractivity contribution < 1.29 is 14.3 Å². The van der Waals surface area contributed by atoms with E-state index in [9.17, 15) is 4.79 Å². The lowest BCUT2D eigenvalue weighted by atomic mass is 9.96. The van der Waals surface area contributed by atoms with Crippen molar-refractivity contribution in [1.82, 2.24) is 0 Å². The Kier molecular flexibility index (Phi) is 4.20. The van der Waals surface area contributed by atoms with Crippen LogP contribution in [0, 0.1) is 0 Å². The molecule has 0 spiro atoms. The second-order valence-electron chi connectivity index (χ2n) is 5.21. The molecule has 1 fully saturated rings. The van der Waals surface area contributed by atoms with Crippen LogP contribution in [0.1, 0.15) is 25.7 Å². The molecular formula is C18H18O3. The minimum Gasteiger partial charge on any atom is -0.483 e. The van der Waals surface area contributed by atoms with Gasteiger partial charge in [0, 0.05) is 6.42 Å². The highest BCUT2D eigenvalue weighted by atomic mass is 16.5. The van der Waals surface area contributed by atoms with Gasteiger partial charge >= 0.3 is 0 Å². The molecule has 0 aromatic heterocycles. The monoisotopic (exact) mass is 282 g/mol. The molecule has 2 aromatic rings. The van der Waals surface area contributed by atoms with Gasteiger partial charge in [0.05, 0.1) is 0 Å². The molecule has 0 N–H and O–H groups in total. The van der Waals surface area contributed by atoms with Crippen LogP contribution in [0.3, 0.4) is 0 Å². The van der Waals surface area contributed by atoms with Crippen LogP contribution in [0.5, 0.6) is 17.2 Å². The molecular weight excluding hydrogens is 264 g/mol. The van der Waals surface area contributed by atoms with Gasteiger partial charge in [-0.2, -0.15) is 0 Å². The Labute approximate surface area is 124 Å². The highest BCUT2D eigenvalue weighted by molar-refractivity contribution is 5.84. The summed E-state index contributed by atoms with van der Waals surface area (Å²) in [5.41, 5.74) is 0. The molecule has 0 radical (unpaired) electrons. The van der Waals surface area contributed by atoms with E-state index in [1.165, 1.54) is 0 Å². The number of hydrogen-bond donors (Lipinski definition) is 0. The summed E-state index contributed by atoms with van der Waals surface area (Å²) < 4.78 is 11.5. The number of rotatable bonds is 4. The normalized spacial score (nSPS) is 18.3. The fraction of sp³-hybridized carbons (Fsp3) is 0.278. The Bertz CT molecular complexity index is 590. The Hall–Kier alpha value is -2.29. The van der Waals surface area contributed by atoms with E-state index >= 15 is 0 Å². The minimum atomic E-state index is -0.278. The average molecular weight is 282 g/mol. The summed E-state index contributed by atoms with van der Waals surface area (Å²) in [6.07, 6.45) is 3.23. The number of ketones is 1. The van der Waals surface area contributed by atoms with Gasteiger partial charge in [-0.25, -0.2) is 0 Å². The van der Waals surface area contributed by atoms with E-state index in [0.29, 0.717) is 6.42 Å². The predicted molar refractivity (Wildman–Crippen MR) is 80.8 cm³/mol. The lowest BCUT2D eigenvalue weighted by Gasteiger charge is -2.21. The van der Waals surface area contributed by atoms with Gasteiger partial charge in [-0.3, -0.25) is 4.79 Å². The third-order valence-corrected chi connectivity index (χ3v) is 3.58. The van der Waals surface area contributed by atoms with E-state index in [1.54, 1.807) is 0 Å². The van der Waals surface area contributed by atoms with Gasteiger partial charge in [0.15, 0.2) is 11.9 Å². The molecule has 1 aliphatic rings. The fourth-order valence-corrected chi connectivity index (χ4v) is 2.45. The first-order valence-corrected chi connectivity index (χ1v) is 7.33. The van der Waals surface area contributed by atoms with Crippen molar-refractivity contribution >= 4 is 5.78 Å². The van der Waals surface area contributed by atoms with Crippen molar-refractivity contribution in [3.8, 4) is 17.2 Å². The molecule has 0 heterocycles. The summed E-state index contributed by atoms with van der Waals surface area (Å²) in [4.78, 5) is 11.8. The summed E-state index contributed by atoms with van der Waals surface area (Å²) >= 11 is 0. The first kappa shape index (κ1) is 13.7. The second kappa shape index (κ2) is 6.44. The van der Waals surface area contributed by atoms with Crippen molar-refractivity contribution in [2.75, 3.05) is 0 Å². The number of para-hydroxylation sites is 1. The molecule has 0 bridgehead atoms. The zero-order valence-corrected chi connectivity index (χ0v) is 11.8. The number of carbonyl (C=O) groups is 1. The van der Waals surface area contributed by atoms with Crippen LogP contribution in [0.4, 0.5) is 0 Å². The van der Waals surface area contributed by atoms with Crippen LogP contribution >= 0.6 is 0 Å².